The van der Waals surface area contributed by atoms with Gasteiger partial charge < -0.3 is 9.30 Å². The first-order valence-electron chi connectivity index (χ1n) is 7.56. The van der Waals surface area contributed by atoms with Crippen molar-refractivity contribution in [2.75, 3.05) is 0 Å². The van der Waals surface area contributed by atoms with Crippen LogP contribution in [0.4, 0.5) is 0 Å². The summed E-state index contributed by atoms with van der Waals surface area (Å²) in [7, 11) is 0. The number of imidazole rings is 1. The van der Waals surface area contributed by atoms with E-state index in [-0.39, 0.29) is 5.25 Å². The maximum absolute atomic E-state index is 6.40. The third kappa shape index (κ3) is 5.38. The van der Waals surface area contributed by atoms with Gasteiger partial charge in [-0.25, -0.2) is 4.98 Å². The zero-order chi connectivity index (χ0) is 18.5. The molecule has 26 heavy (non-hydrogen) atoms. The van der Waals surface area contributed by atoms with Crippen LogP contribution in [0.2, 0.25) is 15.1 Å². The molecule has 0 aliphatic rings. The number of nitrogens with zero attached hydrogens (tertiary/aromatic N) is 2. The van der Waals surface area contributed by atoms with E-state index in [1.165, 1.54) is 11.8 Å². The van der Waals surface area contributed by atoms with E-state index in [0.29, 0.717) is 31.7 Å². The fraction of sp³-hybridized carbons (Fsp3) is 0.111. The van der Waals surface area contributed by atoms with Crippen molar-refractivity contribution in [2.45, 2.75) is 11.8 Å². The van der Waals surface area contributed by atoms with Crippen molar-refractivity contribution in [3.8, 4) is 5.75 Å². The van der Waals surface area contributed by atoms with E-state index in [1.807, 2.05) is 29.0 Å². The van der Waals surface area contributed by atoms with E-state index in [4.69, 9.17) is 51.8 Å². The number of hydrogen-bond acceptors (Lipinski definition) is 4. The highest BCUT2D eigenvalue weighted by Gasteiger charge is 2.20. The van der Waals surface area contributed by atoms with Crippen molar-refractivity contribution in [1.29, 1.82) is 0 Å². The van der Waals surface area contributed by atoms with Crippen LogP contribution >= 0.6 is 58.8 Å². The first-order chi connectivity index (χ1) is 12.5. The summed E-state index contributed by atoms with van der Waals surface area (Å²) in [6.45, 7) is 0.630. The standard InChI is InChI=1S/C18H13Cl3N2OS2/c19-12-2-1-3-14(8-12)24-18(25)26-17(10-23-7-6-22-11-23)15-5-4-13(20)9-16(15)21/h1-9,11,17H,10H2. The third-order valence-corrected chi connectivity index (χ3v) is 5.61. The molecule has 0 aliphatic heterocycles. The number of thioether (sulfide) groups is 1. The molecular formula is C18H13Cl3N2OS2. The topological polar surface area (TPSA) is 27.1 Å². The molecule has 0 saturated heterocycles. The maximum Gasteiger partial charge on any atom is 0.226 e. The number of rotatable bonds is 5. The molecule has 3 rings (SSSR count). The van der Waals surface area contributed by atoms with Crippen molar-refractivity contribution in [3.05, 3.63) is 81.8 Å². The van der Waals surface area contributed by atoms with Crippen molar-refractivity contribution in [2.24, 2.45) is 0 Å². The van der Waals surface area contributed by atoms with Crippen LogP contribution in [0.5, 0.6) is 5.75 Å². The fourth-order valence-electron chi connectivity index (χ4n) is 2.31. The molecule has 2 aromatic carbocycles. The zero-order valence-electron chi connectivity index (χ0n) is 13.3. The van der Waals surface area contributed by atoms with Crippen molar-refractivity contribution >= 4 is 63.2 Å². The van der Waals surface area contributed by atoms with Gasteiger partial charge in [0.1, 0.15) is 5.75 Å². The van der Waals surface area contributed by atoms with E-state index < -0.39 is 0 Å². The number of aromatic nitrogens is 2. The van der Waals surface area contributed by atoms with Crippen LogP contribution in [0, 0.1) is 0 Å². The Labute approximate surface area is 176 Å². The molecule has 0 aliphatic carbocycles. The Bertz CT molecular complexity index is 903. The van der Waals surface area contributed by atoms with Crippen LogP contribution in [0.3, 0.4) is 0 Å². The molecule has 3 nitrogen and oxygen atoms in total. The quantitative estimate of drug-likeness (QED) is 0.411. The second-order valence-corrected chi connectivity index (χ2v) is 8.43. The molecule has 0 bridgehead atoms. The smallest absolute Gasteiger partial charge is 0.226 e. The summed E-state index contributed by atoms with van der Waals surface area (Å²) in [5, 5.41) is 1.69. The molecule has 0 spiro atoms. The monoisotopic (exact) mass is 442 g/mol. The predicted molar refractivity (Wildman–Crippen MR) is 114 cm³/mol. The lowest BCUT2D eigenvalue weighted by Crippen LogP contribution is -2.10. The minimum atomic E-state index is -0.0688. The van der Waals surface area contributed by atoms with Gasteiger partial charge in [-0.05, 0) is 48.1 Å². The Hall–Kier alpha value is -1.24. The molecule has 1 aromatic heterocycles. The van der Waals surface area contributed by atoms with Gasteiger partial charge in [-0.3, -0.25) is 0 Å². The van der Waals surface area contributed by atoms with Crippen LogP contribution in [0.15, 0.2) is 61.2 Å². The molecule has 8 heteroatoms. The van der Waals surface area contributed by atoms with Gasteiger partial charge in [0.25, 0.3) is 0 Å². The Morgan fingerprint density at radius 2 is 1.96 bits per heavy atom. The van der Waals surface area contributed by atoms with Gasteiger partial charge in [0.2, 0.25) is 4.38 Å². The van der Waals surface area contributed by atoms with Gasteiger partial charge in [0.15, 0.2) is 0 Å². The highest BCUT2D eigenvalue weighted by Crippen LogP contribution is 2.37. The van der Waals surface area contributed by atoms with Crippen molar-refractivity contribution in [3.63, 3.8) is 0 Å². The fourth-order valence-corrected chi connectivity index (χ4v) is 4.50. The summed E-state index contributed by atoms with van der Waals surface area (Å²) in [5.74, 6) is 0.596. The molecule has 1 atom stereocenters. The van der Waals surface area contributed by atoms with E-state index >= 15 is 0 Å². The Morgan fingerprint density at radius 3 is 2.65 bits per heavy atom. The van der Waals surface area contributed by atoms with Crippen molar-refractivity contribution in [1.82, 2.24) is 9.55 Å². The summed E-state index contributed by atoms with van der Waals surface area (Å²) >= 11 is 25.2. The molecule has 0 fully saturated rings. The lowest BCUT2D eigenvalue weighted by molar-refractivity contribution is 0.578. The summed E-state index contributed by atoms with van der Waals surface area (Å²) in [5.41, 5.74) is 0.923. The molecule has 3 aromatic rings. The normalized spacial score (nSPS) is 12.0. The molecule has 1 heterocycles. The van der Waals surface area contributed by atoms with Gasteiger partial charge in [-0.15, -0.1) is 0 Å². The summed E-state index contributed by atoms with van der Waals surface area (Å²) in [4.78, 5) is 4.08. The number of hydrogen-bond donors (Lipinski definition) is 0. The average molecular weight is 444 g/mol. The first kappa shape index (κ1) is 19.5. The average Bonchev–Trinajstić information content (AvgIpc) is 3.07. The zero-order valence-corrected chi connectivity index (χ0v) is 17.2. The van der Waals surface area contributed by atoms with Gasteiger partial charge in [-0.2, -0.15) is 0 Å². The number of thiocarbonyl (C=S) groups is 1. The van der Waals surface area contributed by atoms with E-state index in [0.717, 1.165) is 5.56 Å². The molecule has 0 saturated carbocycles. The SMILES string of the molecule is S=C(Oc1cccc(Cl)c1)SC(Cn1ccnc1)c1ccc(Cl)cc1Cl. The molecule has 0 radical (unpaired) electrons. The number of benzene rings is 2. The molecule has 0 N–H and O–H groups in total. The van der Waals surface area contributed by atoms with Crippen LogP contribution in [-0.4, -0.2) is 13.9 Å². The first-order valence-corrected chi connectivity index (χ1v) is 9.98. The highest BCUT2D eigenvalue weighted by atomic mass is 35.5. The lowest BCUT2D eigenvalue weighted by Gasteiger charge is -2.19. The Balaban J connectivity index is 1.79. The van der Waals surface area contributed by atoms with Crippen LogP contribution in [-0.2, 0) is 6.54 Å². The summed E-state index contributed by atoms with van der Waals surface area (Å²) < 4.78 is 8.09. The second-order valence-electron chi connectivity index (χ2n) is 5.34. The van der Waals surface area contributed by atoms with Gasteiger partial charge in [0, 0.05) is 34.0 Å². The van der Waals surface area contributed by atoms with Gasteiger partial charge >= 0.3 is 0 Å². The minimum Gasteiger partial charge on any atom is -0.440 e. The van der Waals surface area contributed by atoms with Crippen LogP contribution in [0.25, 0.3) is 0 Å². The van der Waals surface area contributed by atoms with Gasteiger partial charge in [0.05, 0.1) is 11.6 Å². The van der Waals surface area contributed by atoms with Crippen molar-refractivity contribution < 1.29 is 4.74 Å². The highest BCUT2D eigenvalue weighted by molar-refractivity contribution is 8.22. The van der Waals surface area contributed by atoms with E-state index in [2.05, 4.69) is 4.98 Å². The van der Waals surface area contributed by atoms with Crippen LogP contribution in [0.1, 0.15) is 10.8 Å². The number of ether oxygens (including phenoxy) is 1. The maximum atomic E-state index is 6.40. The third-order valence-electron chi connectivity index (χ3n) is 3.48. The molecular weight excluding hydrogens is 431 g/mol. The van der Waals surface area contributed by atoms with E-state index in [9.17, 15) is 0 Å². The second kappa shape index (κ2) is 9.11. The number of halogens is 3. The molecule has 134 valence electrons. The van der Waals surface area contributed by atoms with E-state index in [1.54, 1.807) is 36.8 Å². The molecule has 0 amide bonds. The largest absolute Gasteiger partial charge is 0.440 e. The minimum absolute atomic E-state index is 0.0688. The summed E-state index contributed by atoms with van der Waals surface area (Å²) in [6, 6.07) is 12.5. The van der Waals surface area contributed by atoms with Gasteiger partial charge in [-0.1, -0.05) is 58.7 Å². The Kier molecular flexibility index (Phi) is 6.84. The van der Waals surface area contributed by atoms with Crippen LogP contribution < -0.4 is 4.74 Å². The Morgan fingerprint density at radius 1 is 1.15 bits per heavy atom. The predicted octanol–water partition coefficient (Wildman–Crippen LogP) is 6.68. The summed E-state index contributed by atoms with van der Waals surface area (Å²) in [6.07, 6.45) is 5.36. The lowest BCUT2D eigenvalue weighted by atomic mass is 10.1. The molecule has 1 unspecified atom stereocenters.